The van der Waals surface area contributed by atoms with Crippen molar-refractivity contribution in [2.75, 3.05) is 7.05 Å². The van der Waals surface area contributed by atoms with Gasteiger partial charge in [0.05, 0.1) is 6.26 Å². The van der Waals surface area contributed by atoms with Gasteiger partial charge in [0.1, 0.15) is 5.75 Å². The zero-order valence-corrected chi connectivity index (χ0v) is 9.46. The molecule has 17 heavy (non-hydrogen) atoms. The Labute approximate surface area is 99.1 Å². The number of carbonyl (C=O) groups excluding carboxylic acids is 1. The summed E-state index contributed by atoms with van der Waals surface area (Å²) in [7, 11) is 1.71. The summed E-state index contributed by atoms with van der Waals surface area (Å²) >= 11 is 0. The second-order valence-corrected chi connectivity index (χ2v) is 3.80. The first-order valence-electron chi connectivity index (χ1n) is 5.23. The number of hydrogen-bond donors (Lipinski definition) is 1. The van der Waals surface area contributed by atoms with Gasteiger partial charge in [0, 0.05) is 13.6 Å². The number of carbonyl (C=O) groups is 1. The lowest BCUT2D eigenvalue weighted by molar-refractivity contribution is 0.0753. The summed E-state index contributed by atoms with van der Waals surface area (Å²) in [6.45, 7) is 0.472. The van der Waals surface area contributed by atoms with Gasteiger partial charge in [-0.2, -0.15) is 0 Å². The number of amides is 1. The second-order valence-electron chi connectivity index (χ2n) is 3.80. The van der Waals surface area contributed by atoms with Gasteiger partial charge in [-0.05, 0) is 29.8 Å². The van der Waals surface area contributed by atoms with E-state index in [1.165, 1.54) is 6.26 Å². The minimum absolute atomic E-state index is 0.164. The summed E-state index contributed by atoms with van der Waals surface area (Å²) in [6, 6.07) is 10.1. The molecular weight excluding hydrogens is 218 g/mol. The fourth-order valence-corrected chi connectivity index (χ4v) is 1.54. The maximum atomic E-state index is 11.9. The molecule has 88 valence electrons. The molecule has 2 rings (SSSR count). The number of nitrogens with zero attached hydrogens (tertiary/aromatic N) is 1. The summed E-state index contributed by atoms with van der Waals surface area (Å²) < 4.78 is 5.04. The van der Waals surface area contributed by atoms with E-state index in [4.69, 9.17) is 9.52 Å². The van der Waals surface area contributed by atoms with Crippen LogP contribution in [0, 0.1) is 0 Å². The SMILES string of the molecule is CN(Cc1ccc(O)cc1)C(=O)c1ccco1. The molecule has 0 unspecified atom stereocenters. The fraction of sp³-hybridized carbons (Fsp3) is 0.154. The minimum atomic E-state index is -0.164. The van der Waals surface area contributed by atoms with Crippen LogP contribution in [0.4, 0.5) is 0 Å². The van der Waals surface area contributed by atoms with Crippen molar-refractivity contribution in [1.29, 1.82) is 0 Å². The molecule has 1 N–H and O–H groups in total. The molecular formula is C13H13NO3. The van der Waals surface area contributed by atoms with Crippen molar-refractivity contribution < 1.29 is 14.3 Å². The lowest BCUT2D eigenvalue weighted by atomic mass is 10.2. The maximum Gasteiger partial charge on any atom is 0.289 e. The Hall–Kier alpha value is -2.23. The molecule has 1 aromatic carbocycles. The molecule has 0 saturated carbocycles. The van der Waals surface area contributed by atoms with E-state index >= 15 is 0 Å². The van der Waals surface area contributed by atoms with Gasteiger partial charge in [-0.1, -0.05) is 12.1 Å². The lowest BCUT2D eigenvalue weighted by Crippen LogP contribution is -2.25. The molecule has 0 saturated heterocycles. The monoisotopic (exact) mass is 231 g/mol. The molecule has 0 aliphatic carbocycles. The molecule has 1 aromatic heterocycles. The van der Waals surface area contributed by atoms with Gasteiger partial charge in [0.2, 0.25) is 0 Å². The van der Waals surface area contributed by atoms with Crippen LogP contribution in [0.25, 0.3) is 0 Å². The highest BCUT2D eigenvalue weighted by molar-refractivity contribution is 5.91. The Balaban J connectivity index is 2.04. The van der Waals surface area contributed by atoms with E-state index in [1.807, 2.05) is 0 Å². The number of rotatable bonds is 3. The van der Waals surface area contributed by atoms with Crippen LogP contribution in [-0.4, -0.2) is 23.0 Å². The lowest BCUT2D eigenvalue weighted by Gasteiger charge is -2.15. The maximum absolute atomic E-state index is 11.9. The largest absolute Gasteiger partial charge is 0.508 e. The highest BCUT2D eigenvalue weighted by Gasteiger charge is 2.14. The predicted octanol–water partition coefficient (Wildman–Crippen LogP) is 2.26. The van der Waals surface area contributed by atoms with E-state index < -0.39 is 0 Å². The Morgan fingerprint density at radius 3 is 2.59 bits per heavy atom. The molecule has 0 radical (unpaired) electrons. The van der Waals surface area contributed by atoms with Crippen LogP contribution in [0.2, 0.25) is 0 Å². The van der Waals surface area contributed by atoms with Crippen molar-refractivity contribution in [1.82, 2.24) is 4.90 Å². The number of furan rings is 1. The number of phenols is 1. The third-order valence-corrected chi connectivity index (χ3v) is 2.43. The Bertz CT molecular complexity index is 488. The normalized spacial score (nSPS) is 10.2. The number of phenolic OH excluding ortho intramolecular Hbond substituents is 1. The average Bonchev–Trinajstić information content (AvgIpc) is 2.84. The summed E-state index contributed by atoms with van der Waals surface area (Å²) in [5.74, 6) is 0.378. The van der Waals surface area contributed by atoms with Crippen LogP contribution in [-0.2, 0) is 6.54 Å². The molecule has 2 aromatic rings. The fourth-order valence-electron chi connectivity index (χ4n) is 1.54. The van der Waals surface area contributed by atoms with E-state index in [2.05, 4.69) is 0 Å². The van der Waals surface area contributed by atoms with Crippen LogP contribution < -0.4 is 0 Å². The predicted molar refractivity (Wildman–Crippen MR) is 62.6 cm³/mol. The van der Waals surface area contributed by atoms with Crippen molar-refractivity contribution in [2.24, 2.45) is 0 Å². The Kier molecular flexibility index (Phi) is 3.14. The van der Waals surface area contributed by atoms with Gasteiger partial charge in [-0.3, -0.25) is 4.79 Å². The van der Waals surface area contributed by atoms with E-state index in [0.29, 0.717) is 12.3 Å². The van der Waals surface area contributed by atoms with Crippen LogP contribution in [0.15, 0.2) is 47.1 Å². The van der Waals surface area contributed by atoms with Crippen molar-refractivity contribution in [2.45, 2.75) is 6.54 Å². The van der Waals surface area contributed by atoms with Crippen molar-refractivity contribution in [3.8, 4) is 5.75 Å². The molecule has 0 aliphatic rings. The molecule has 1 amide bonds. The molecule has 0 bridgehead atoms. The van der Waals surface area contributed by atoms with Gasteiger partial charge in [0.15, 0.2) is 5.76 Å². The molecule has 4 nitrogen and oxygen atoms in total. The van der Waals surface area contributed by atoms with E-state index in [-0.39, 0.29) is 11.7 Å². The zero-order chi connectivity index (χ0) is 12.3. The molecule has 0 atom stereocenters. The summed E-state index contributed by atoms with van der Waals surface area (Å²) in [5, 5.41) is 9.15. The molecule has 4 heteroatoms. The number of aromatic hydroxyl groups is 1. The van der Waals surface area contributed by atoms with Gasteiger partial charge in [-0.15, -0.1) is 0 Å². The summed E-state index contributed by atoms with van der Waals surface area (Å²) in [4.78, 5) is 13.4. The Morgan fingerprint density at radius 1 is 1.29 bits per heavy atom. The van der Waals surface area contributed by atoms with Gasteiger partial charge < -0.3 is 14.4 Å². The molecule has 1 heterocycles. The van der Waals surface area contributed by atoms with Gasteiger partial charge in [0.25, 0.3) is 5.91 Å². The minimum Gasteiger partial charge on any atom is -0.508 e. The first-order chi connectivity index (χ1) is 8.16. The summed E-state index contributed by atoms with van der Waals surface area (Å²) in [6.07, 6.45) is 1.47. The topological polar surface area (TPSA) is 53.7 Å². The number of hydrogen-bond acceptors (Lipinski definition) is 3. The van der Waals surface area contributed by atoms with Crippen LogP contribution in [0.3, 0.4) is 0 Å². The quantitative estimate of drug-likeness (QED) is 0.881. The summed E-state index contributed by atoms with van der Waals surface area (Å²) in [5.41, 5.74) is 0.949. The second kappa shape index (κ2) is 4.74. The molecule has 0 aliphatic heterocycles. The third-order valence-electron chi connectivity index (χ3n) is 2.43. The van der Waals surface area contributed by atoms with Gasteiger partial charge in [-0.25, -0.2) is 0 Å². The standard InChI is InChI=1S/C13H13NO3/c1-14(13(16)12-3-2-8-17-12)9-10-4-6-11(15)7-5-10/h2-8,15H,9H2,1H3. The van der Waals surface area contributed by atoms with Crippen LogP contribution in [0.5, 0.6) is 5.75 Å². The highest BCUT2D eigenvalue weighted by atomic mass is 16.3. The highest BCUT2D eigenvalue weighted by Crippen LogP contribution is 2.12. The third kappa shape index (κ3) is 2.66. The van der Waals surface area contributed by atoms with E-state index in [1.54, 1.807) is 48.3 Å². The molecule has 0 fully saturated rings. The van der Waals surface area contributed by atoms with Crippen molar-refractivity contribution >= 4 is 5.91 Å². The molecule has 0 spiro atoms. The van der Waals surface area contributed by atoms with Crippen molar-refractivity contribution in [3.05, 3.63) is 54.0 Å². The van der Waals surface area contributed by atoms with Gasteiger partial charge >= 0.3 is 0 Å². The average molecular weight is 231 g/mol. The van der Waals surface area contributed by atoms with Crippen LogP contribution >= 0.6 is 0 Å². The van der Waals surface area contributed by atoms with Crippen molar-refractivity contribution in [3.63, 3.8) is 0 Å². The van der Waals surface area contributed by atoms with E-state index in [9.17, 15) is 4.79 Å². The smallest absolute Gasteiger partial charge is 0.289 e. The van der Waals surface area contributed by atoms with E-state index in [0.717, 1.165) is 5.56 Å². The van der Waals surface area contributed by atoms with Crippen LogP contribution in [0.1, 0.15) is 16.1 Å². The first kappa shape index (κ1) is 11.3. The number of benzene rings is 1. The Morgan fingerprint density at radius 2 is 2.00 bits per heavy atom. The first-order valence-corrected chi connectivity index (χ1v) is 5.23. The zero-order valence-electron chi connectivity index (χ0n) is 9.46.